The number of pyridine rings is 1. The van der Waals surface area contributed by atoms with E-state index >= 15 is 0 Å². The van der Waals surface area contributed by atoms with Crippen LogP contribution < -0.4 is 4.72 Å². The van der Waals surface area contributed by atoms with Gasteiger partial charge in [-0.3, -0.25) is 9.88 Å². The van der Waals surface area contributed by atoms with E-state index in [0.717, 1.165) is 31.5 Å². The molecule has 2 rings (SSSR count). The molecule has 0 amide bonds. The molecule has 1 fully saturated rings. The summed E-state index contributed by atoms with van der Waals surface area (Å²) in [5.41, 5.74) is 1.08. The number of hydrogen-bond donors (Lipinski definition) is 1. The van der Waals surface area contributed by atoms with Gasteiger partial charge in [0.2, 0.25) is 10.0 Å². The van der Waals surface area contributed by atoms with Gasteiger partial charge in [-0.2, -0.15) is 0 Å². The molecule has 1 aromatic heterocycles. The third-order valence-corrected chi connectivity index (χ3v) is 4.89. The van der Waals surface area contributed by atoms with E-state index in [4.69, 9.17) is 11.6 Å². The maximum Gasteiger partial charge on any atom is 0.208 e. The topological polar surface area (TPSA) is 62.3 Å². The van der Waals surface area contributed by atoms with E-state index in [-0.39, 0.29) is 0 Å². The van der Waals surface area contributed by atoms with Crippen molar-refractivity contribution in [3.63, 3.8) is 0 Å². The maximum absolute atomic E-state index is 11.1. The smallest absolute Gasteiger partial charge is 0.208 e. The quantitative estimate of drug-likeness (QED) is 0.866. The number of likely N-dealkylation sites (tertiary alicyclic amines) is 1. The lowest BCUT2D eigenvalue weighted by Gasteiger charge is -2.36. The van der Waals surface area contributed by atoms with Crippen LogP contribution in [0.5, 0.6) is 0 Å². The van der Waals surface area contributed by atoms with Gasteiger partial charge in [0, 0.05) is 31.5 Å². The molecule has 7 heteroatoms. The second-order valence-electron chi connectivity index (χ2n) is 5.54. The first kappa shape index (κ1) is 16.7. The van der Waals surface area contributed by atoms with Crippen LogP contribution >= 0.6 is 11.6 Å². The number of nitrogens with one attached hydrogen (secondary N) is 1. The highest BCUT2D eigenvalue weighted by atomic mass is 35.5. The minimum absolute atomic E-state index is 0.400. The lowest BCUT2D eigenvalue weighted by atomic mass is 9.98. The summed E-state index contributed by atoms with van der Waals surface area (Å²) in [7, 11) is -3.11. The van der Waals surface area contributed by atoms with Crippen LogP contribution in [0.15, 0.2) is 18.5 Å². The summed E-state index contributed by atoms with van der Waals surface area (Å²) in [6.07, 6.45) is 8.93. The molecule has 0 aromatic carbocycles. The molecule has 118 valence electrons. The van der Waals surface area contributed by atoms with Gasteiger partial charge in [-0.25, -0.2) is 13.1 Å². The Bertz CT molecular complexity index is 565. The van der Waals surface area contributed by atoms with Gasteiger partial charge in [-0.1, -0.05) is 18.0 Å². The Balaban J connectivity index is 1.94. The monoisotopic (exact) mass is 331 g/mol. The predicted molar refractivity (Wildman–Crippen MR) is 84.8 cm³/mol. The Morgan fingerprint density at radius 2 is 2.29 bits per heavy atom. The Labute approximate surface area is 131 Å². The molecule has 0 unspecified atom stereocenters. The first-order valence-corrected chi connectivity index (χ1v) is 9.50. The predicted octanol–water partition coefficient (Wildman–Crippen LogP) is 2.03. The second-order valence-corrected chi connectivity index (χ2v) is 7.78. The van der Waals surface area contributed by atoms with Gasteiger partial charge in [-0.05, 0) is 37.4 Å². The molecule has 0 saturated carbocycles. The van der Waals surface area contributed by atoms with Crippen LogP contribution in [0.4, 0.5) is 0 Å². The maximum atomic E-state index is 11.1. The molecule has 1 N–H and O–H groups in total. The third kappa shape index (κ3) is 5.54. The number of sulfonamides is 1. The van der Waals surface area contributed by atoms with Crippen molar-refractivity contribution in [2.24, 2.45) is 0 Å². The third-order valence-electron chi connectivity index (χ3n) is 3.82. The van der Waals surface area contributed by atoms with E-state index in [0.29, 0.717) is 17.6 Å². The molecule has 1 saturated heterocycles. The van der Waals surface area contributed by atoms with Gasteiger partial charge >= 0.3 is 0 Å². The van der Waals surface area contributed by atoms with Crippen LogP contribution in [-0.2, 0) is 16.6 Å². The van der Waals surface area contributed by atoms with Gasteiger partial charge in [0.25, 0.3) is 0 Å². The van der Waals surface area contributed by atoms with E-state index < -0.39 is 10.0 Å². The van der Waals surface area contributed by atoms with Gasteiger partial charge < -0.3 is 0 Å². The van der Waals surface area contributed by atoms with Crippen LogP contribution in [0.2, 0.25) is 5.02 Å². The average molecular weight is 332 g/mol. The zero-order chi connectivity index (χ0) is 15.3. The molecule has 1 aromatic rings. The van der Waals surface area contributed by atoms with Crippen molar-refractivity contribution in [3.8, 4) is 0 Å². The summed E-state index contributed by atoms with van der Waals surface area (Å²) >= 11 is 6.17. The number of hydrogen-bond acceptors (Lipinski definition) is 4. The molecule has 1 atom stereocenters. The lowest BCUT2D eigenvalue weighted by Crippen LogP contribution is -2.41. The van der Waals surface area contributed by atoms with Crippen molar-refractivity contribution < 1.29 is 8.42 Å². The summed E-state index contributed by atoms with van der Waals surface area (Å²) in [5, 5.41) is 0.691. The second kappa shape index (κ2) is 7.54. The van der Waals surface area contributed by atoms with E-state index in [1.165, 1.54) is 19.1 Å². The largest absolute Gasteiger partial charge is 0.296 e. The van der Waals surface area contributed by atoms with Crippen LogP contribution in [0.1, 0.15) is 31.2 Å². The molecule has 0 aliphatic carbocycles. The highest BCUT2D eigenvalue weighted by Crippen LogP contribution is 2.24. The molecular weight excluding hydrogens is 310 g/mol. The molecule has 2 heterocycles. The highest BCUT2D eigenvalue weighted by Gasteiger charge is 2.23. The standard InChI is InChI=1S/C14H22ClN3O2S/c1-21(19,20)17-8-6-13-4-2-3-9-18(13)11-12-5-7-16-10-14(12)15/h5,7,10,13,17H,2-4,6,8-9,11H2,1H3/t13-/m1/s1. The van der Waals surface area contributed by atoms with Crippen molar-refractivity contribution >= 4 is 21.6 Å². The van der Waals surface area contributed by atoms with Crippen LogP contribution in [0.25, 0.3) is 0 Å². The lowest BCUT2D eigenvalue weighted by molar-refractivity contribution is 0.133. The van der Waals surface area contributed by atoms with Gasteiger partial charge in [0.1, 0.15) is 0 Å². The van der Waals surface area contributed by atoms with Crippen molar-refractivity contribution in [1.82, 2.24) is 14.6 Å². The summed E-state index contributed by atoms with van der Waals surface area (Å²) in [6.45, 7) is 2.32. The zero-order valence-corrected chi connectivity index (χ0v) is 13.8. The van der Waals surface area contributed by atoms with Crippen LogP contribution in [0.3, 0.4) is 0 Å². The molecule has 0 radical (unpaired) electrons. The van der Waals surface area contributed by atoms with Gasteiger partial charge in [-0.15, -0.1) is 0 Å². The molecule has 0 bridgehead atoms. The molecule has 0 spiro atoms. The SMILES string of the molecule is CS(=O)(=O)NCC[C@H]1CCCCN1Cc1ccncc1Cl. The number of aromatic nitrogens is 1. The minimum Gasteiger partial charge on any atom is -0.296 e. The van der Waals surface area contributed by atoms with E-state index in [1.54, 1.807) is 12.4 Å². The Hall–Kier alpha value is -0.690. The van der Waals surface area contributed by atoms with E-state index in [1.807, 2.05) is 6.07 Å². The van der Waals surface area contributed by atoms with Gasteiger partial charge in [0.15, 0.2) is 0 Å². The molecular formula is C14H22ClN3O2S. The molecule has 1 aliphatic rings. The number of piperidine rings is 1. The number of nitrogens with zero attached hydrogens (tertiary/aromatic N) is 2. The number of rotatable bonds is 6. The first-order chi connectivity index (χ1) is 9.96. The normalized spacial score (nSPS) is 20.6. The van der Waals surface area contributed by atoms with Crippen molar-refractivity contribution in [1.29, 1.82) is 0 Å². The Morgan fingerprint density at radius 3 is 3.00 bits per heavy atom. The zero-order valence-electron chi connectivity index (χ0n) is 12.3. The Kier molecular flexibility index (Phi) is 5.98. The average Bonchev–Trinajstić information content (AvgIpc) is 2.42. The fraction of sp³-hybridized carbons (Fsp3) is 0.643. The van der Waals surface area contributed by atoms with Crippen LogP contribution in [-0.4, -0.2) is 43.7 Å². The van der Waals surface area contributed by atoms with E-state index in [2.05, 4.69) is 14.6 Å². The summed E-state index contributed by atoms with van der Waals surface area (Å²) in [5.74, 6) is 0. The van der Waals surface area contributed by atoms with E-state index in [9.17, 15) is 8.42 Å². The number of halogens is 1. The first-order valence-electron chi connectivity index (χ1n) is 7.23. The summed E-state index contributed by atoms with van der Waals surface area (Å²) < 4.78 is 24.9. The fourth-order valence-electron chi connectivity index (χ4n) is 2.76. The van der Waals surface area contributed by atoms with Crippen LogP contribution in [0, 0.1) is 0 Å². The fourth-order valence-corrected chi connectivity index (χ4v) is 3.42. The molecule has 5 nitrogen and oxygen atoms in total. The molecule has 21 heavy (non-hydrogen) atoms. The Morgan fingerprint density at radius 1 is 1.48 bits per heavy atom. The van der Waals surface area contributed by atoms with Crippen molar-refractivity contribution in [2.75, 3.05) is 19.3 Å². The van der Waals surface area contributed by atoms with Gasteiger partial charge in [0.05, 0.1) is 11.3 Å². The van der Waals surface area contributed by atoms with Crippen molar-refractivity contribution in [2.45, 2.75) is 38.3 Å². The minimum atomic E-state index is -3.11. The highest BCUT2D eigenvalue weighted by molar-refractivity contribution is 7.88. The summed E-state index contributed by atoms with van der Waals surface area (Å²) in [6, 6.07) is 2.35. The van der Waals surface area contributed by atoms with Crippen molar-refractivity contribution in [3.05, 3.63) is 29.0 Å². The summed E-state index contributed by atoms with van der Waals surface area (Å²) in [4.78, 5) is 6.40. The molecule has 1 aliphatic heterocycles.